The minimum absolute atomic E-state index is 0.0553. The summed E-state index contributed by atoms with van der Waals surface area (Å²) >= 11 is 1.61. The smallest absolute Gasteiger partial charge is 0.317 e. The van der Waals surface area contributed by atoms with Gasteiger partial charge in [0.05, 0.1) is 23.3 Å². The van der Waals surface area contributed by atoms with Crippen molar-refractivity contribution in [2.75, 3.05) is 13.1 Å². The Kier molecular flexibility index (Phi) is 5.01. The van der Waals surface area contributed by atoms with Crippen LogP contribution in [0.4, 0.5) is 4.79 Å². The molecular weight excluding hydrogens is 358 g/mol. The van der Waals surface area contributed by atoms with Gasteiger partial charge in [0.15, 0.2) is 0 Å². The van der Waals surface area contributed by atoms with Crippen molar-refractivity contribution in [2.45, 2.75) is 58.6 Å². The minimum atomic E-state index is 0.0553. The Morgan fingerprint density at radius 1 is 1.22 bits per heavy atom. The van der Waals surface area contributed by atoms with E-state index in [0.29, 0.717) is 24.5 Å². The van der Waals surface area contributed by atoms with Crippen molar-refractivity contribution in [3.63, 3.8) is 0 Å². The molecule has 1 aromatic heterocycles. The second kappa shape index (κ2) is 7.30. The number of nitrogens with one attached hydrogen (secondary N) is 1. The number of benzene rings is 1. The highest BCUT2D eigenvalue weighted by Gasteiger charge is 2.35. The number of para-hydroxylation sites is 1. The molecule has 4 rings (SSSR count). The zero-order chi connectivity index (χ0) is 19.0. The summed E-state index contributed by atoms with van der Waals surface area (Å²) in [4.78, 5) is 18.7. The number of thiazole rings is 1. The number of likely N-dealkylation sites (tertiary alicyclic amines) is 1. The van der Waals surface area contributed by atoms with Crippen LogP contribution >= 0.6 is 11.3 Å². The van der Waals surface area contributed by atoms with Gasteiger partial charge in [0.25, 0.3) is 0 Å². The van der Waals surface area contributed by atoms with Crippen LogP contribution in [0.15, 0.2) is 23.7 Å². The maximum atomic E-state index is 12.5. The number of carbonyl (C=O) groups excluding carboxylic acids is 1. The molecule has 2 aromatic rings. The Morgan fingerprint density at radius 3 is 2.67 bits per heavy atom. The van der Waals surface area contributed by atoms with Gasteiger partial charge in [-0.05, 0) is 49.1 Å². The van der Waals surface area contributed by atoms with E-state index in [0.717, 1.165) is 34.7 Å². The molecule has 0 bridgehead atoms. The number of urea groups is 1. The molecule has 0 atom stereocenters. The first-order valence-corrected chi connectivity index (χ1v) is 10.8. The van der Waals surface area contributed by atoms with Crippen LogP contribution in [0.3, 0.4) is 0 Å². The molecule has 6 heteroatoms. The standard InChI is InChI=1S/C21H29N3O2S/c1-21(2,3)14-7-9-15(10-8-14)23-20(25)24-11-16(12-24)26-17-5-4-6-18-19(17)22-13-27-18/h4-6,13-16H,7-12H2,1-3H3,(H,23,25). The van der Waals surface area contributed by atoms with Crippen LogP contribution in [-0.2, 0) is 0 Å². The van der Waals surface area contributed by atoms with Gasteiger partial charge in [-0.2, -0.15) is 0 Å². The number of hydrogen-bond acceptors (Lipinski definition) is 4. The van der Waals surface area contributed by atoms with Crippen molar-refractivity contribution in [3.8, 4) is 5.75 Å². The molecule has 1 N–H and O–H groups in total. The summed E-state index contributed by atoms with van der Waals surface area (Å²) in [6, 6.07) is 6.38. The topological polar surface area (TPSA) is 54.5 Å². The maximum Gasteiger partial charge on any atom is 0.317 e. The monoisotopic (exact) mass is 387 g/mol. The van der Waals surface area contributed by atoms with Crippen LogP contribution in [0.25, 0.3) is 10.2 Å². The van der Waals surface area contributed by atoms with E-state index in [1.807, 2.05) is 22.5 Å². The largest absolute Gasteiger partial charge is 0.484 e. The highest BCUT2D eigenvalue weighted by Crippen LogP contribution is 2.37. The second-order valence-electron chi connectivity index (χ2n) is 8.96. The Morgan fingerprint density at radius 2 is 1.96 bits per heavy atom. The van der Waals surface area contributed by atoms with Gasteiger partial charge >= 0.3 is 6.03 Å². The summed E-state index contributed by atoms with van der Waals surface area (Å²) < 4.78 is 7.20. The van der Waals surface area contributed by atoms with E-state index in [2.05, 4.69) is 37.1 Å². The van der Waals surface area contributed by atoms with E-state index in [-0.39, 0.29) is 12.1 Å². The van der Waals surface area contributed by atoms with Gasteiger partial charge in [-0.3, -0.25) is 0 Å². The van der Waals surface area contributed by atoms with Crippen LogP contribution in [0.5, 0.6) is 5.75 Å². The third-order valence-corrected chi connectivity index (χ3v) is 6.83. The zero-order valence-electron chi connectivity index (χ0n) is 16.4. The minimum Gasteiger partial charge on any atom is -0.484 e. The molecule has 5 nitrogen and oxygen atoms in total. The predicted octanol–water partition coefficient (Wildman–Crippen LogP) is 4.67. The average molecular weight is 388 g/mol. The van der Waals surface area contributed by atoms with Gasteiger partial charge in [0.2, 0.25) is 0 Å². The number of rotatable bonds is 3. The molecule has 1 aliphatic heterocycles. The number of aromatic nitrogens is 1. The SMILES string of the molecule is CC(C)(C)C1CCC(NC(=O)N2CC(Oc3cccc4scnc34)C2)CC1. The molecule has 1 saturated heterocycles. The lowest BCUT2D eigenvalue weighted by molar-refractivity contribution is 0.0430. The Hall–Kier alpha value is -1.82. The van der Waals surface area contributed by atoms with Crippen molar-refractivity contribution >= 4 is 27.6 Å². The van der Waals surface area contributed by atoms with Gasteiger partial charge in [-0.15, -0.1) is 11.3 Å². The third-order valence-electron chi connectivity index (χ3n) is 6.03. The molecule has 1 saturated carbocycles. The number of ether oxygens (including phenoxy) is 1. The van der Waals surface area contributed by atoms with Crippen molar-refractivity contribution < 1.29 is 9.53 Å². The Labute approximate surface area is 165 Å². The van der Waals surface area contributed by atoms with Crippen LogP contribution in [-0.4, -0.2) is 41.2 Å². The van der Waals surface area contributed by atoms with E-state index < -0.39 is 0 Å². The molecule has 0 spiro atoms. The molecule has 1 aliphatic carbocycles. The fraction of sp³-hybridized carbons (Fsp3) is 0.619. The van der Waals surface area contributed by atoms with Crippen molar-refractivity contribution in [3.05, 3.63) is 23.7 Å². The number of hydrogen-bond donors (Lipinski definition) is 1. The molecule has 2 aliphatic rings. The summed E-state index contributed by atoms with van der Waals surface area (Å²) in [5.74, 6) is 1.58. The molecule has 2 amide bonds. The van der Waals surface area contributed by atoms with Gasteiger partial charge in [0.1, 0.15) is 17.4 Å². The van der Waals surface area contributed by atoms with E-state index in [1.54, 1.807) is 11.3 Å². The normalized spacial score (nSPS) is 23.9. The number of nitrogens with zero attached hydrogens (tertiary/aromatic N) is 2. The first-order chi connectivity index (χ1) is 12.9. The van der Waals surface area contributed by atoms with Gasteiger partial charge < -0.3 is 15.0 Å². The predicted molar refractivity (Wildman–Crippen MR) is 109 cm³/mol. The van der Waals surface area contributed by atoms with Crippen molar-refractivity contribution in [1.29, 1.82) is 0 Å². The van der Waals surface area contributed by atoms with Gasteiger partial charge in [-0.1, -0.05) is 26.8 Å². The first kappa shape index (κ1) is 18.5. The van der Waals surface area contributed by atoms with Gasteiger partial charge in [-0.25, -0.2) is 9.78 Å². The molecule has 0 unspecified atom stereocenters. The summed E-state index contributed by atoms with van der Waals surface area (Å²) in [6.07, 6.45) is 4.65. The summed E-state index contributed by atoms with van der Waals surface area (Å²) in [5.41, 5.74) is 3.13. The van der Waals surface area contributed by atoms with E-state index >= 15 is 0 Å². The zero-order valence-corrected chi connectivity index (χ0v) is 17.2. The molecular formula is C21H29N3O2S. The highest BCUT2D eigenvalue weighted by molar-refractivity contribution is 7.16. The molecule has 27 heavy (non-hydrogen) atoms. The van der Waals surface area contributed by atoms with E-state index in [4.69, 9.17) is 4.74 Å². The number of carbonyl (C=O) groups is 1. The molecule has 1 aromatic carbocycles. The number of fused-ring (bicyclic) bond motifs is 1. The second-order valence-corrected chi connectivity index (χ2v) is 9.85. The molecule has 2 heterocycles. The highest BCUT2D eigenvalue weighted by atomic mass is 32.1. The van der Waals surface area contributed by atoms with Crippen molar-refractivity contribution in [2.24, 2.45) is 11.3 Å². The average Bonchev–Trinajstić information content (AvgIpc) is 3.06. The van der Waals surface area contributed by atoms with Crippen LogP contribution < -0.4 is 10.1 Å². The lowest BCUT2D eigenvalue weighted by atomic mass is 9.71. The first-order valence-electron chi connectivity index (χ1n) is 9.94. The summed E-state index contributed by atoms with van der Waals surface area (Å²) in [7, 11) is 0. The fourth-order valence-corrected chi connectivity index (χ4v) is 4.88. The third kappa shape index (κ3) is 4.05. The quantitative estimate of drug-likeness (QED) is 0.832. The molecule has 146 valence electrons. The van der Waals surface area contributed by atoms with Crippen molar-refractivity contribution in [1.82, 2.24) is 15.2 Å². The lowest BCUT2D eigenvalue weighted by Crippen LogP contribution is -2.60. The van der Waals surface area contributed by atoms with Gasteiger partial charge in [0, 0.05) is 6.04 Å². The molecule has 2 fully saturated rings. The summed E-state index contributed by atoms with van der Waals surface area (Å²) in [6.45, 7) is 8.25. The van der Waals surface area contributed by atoms with Crippen LogP contribution in [0, 0.1) is 11.3 Å². The lowest BCUT2D eigenvalue weighted by Gasteiger charge is -2.41. The number of amides is 2. The van der Waals surface area contributed by atoms with E-state index in [9.17, 15) is 4.79 Å². The van der Waals surface area contributed by atoms with E-state index in [1.165, 1.54) is 12.8 Å². The Balaban J connectivity index is 1.23. The van der Waals surface area contributed by atoms with Crippen LogP contribution in [0.1, 0.15) is 46.5 Å². The summed E-state index contributed by atoms with van der Waals surface area (Å²) in [5, 5.41) is 3.22. The fourth-order valence-electron chi connectivity index (χ4n) is 4.18. The Bertz CT molecular complexity index is 799. The maximum absolute atomic E-state index is 12.5. The van der Waals surface area contributed by atoms with Crippen LogP contribution in [0.2, 0.25) is 0 Å². The molecule has 0 radical (unpaired) electrons.